The molecule has 0 saturated heterocycles. The van der Waals surface area contributed by atoms with Crippen molar-refractivity contribution >= 4 is 33.2 Å². The quantitative estimate of drug-likeness (QED) is 0.829. The maximum Gasteiger partial charge on any atom is 0.346 e. The van der Waals surface area contributed by atoms with Crippen LogP contribution in [0.2, 0.25) is 0 Å². The van der Waals surface area contributed by atoms with E-state index in [1.165, 1.54) is 11.3 Å². The van der Waals surface area contributed by atoms with Gasteiger partial charge >= 0.3 is 5.97 Å². The van der Waals surface area contributed by atoms with Gasteiger partial charge in [-0.15, -0.1) is 11.3 Å². The predicted octanol–water partition coefficient (Wildman–Crippen LogP) is 4.28. The molecule has 0 aliphatic rings. The van der Waals surface area contributed by atoms with E-state index < -0.39 is 5.97 Å². The first-order valence-corrected chi connectivity index (χ1v) is 7.16. The Morgan fingerprint density at radius 3 is 2.68 bits per heavy atom. The van der Waals surface area contributed by atoms with Crippen LogP contribution in [-0.4, -0.2) is 16.9 Å². The maximum atomic E-state index is 12.2. The van der Waals surface area contributed by atoms with E-state index in [-0.39, 0.29) is 5.78 Å². The van der Waals surface area contributed by atoms with E-state index in [0.717, 1.165) is 28.5 Å². The molecule has 0 spiro atoms. The lowest BCUT2D eigenvalue weighted by Crippen LogP contribution is -1.98. The second-order valence-electron chi connectivity index (χ2n) is 4.57. The number of hydrogen-bond donors (Lipinski definition) is 1. The van der Waals surface area contributed by atoms with Gasteiger partial charge in [0, 0.05) is 16.7 Å². The topological polar surface area (TPSA) is 54.4 Å². The molecule has 19 heavy (non-hydrogen) atoms. The highest BCUT2D eigenvalue weighted by Gasteiger charge is 2.18. The van der Waals surface area contributed by atoms with Crippen LogP contribution < -0.4 is 0 Å². The van der Waals surface area contributed by atoms with Gasteiger partial charge in [0.15, 0.2) is 5.78 Å². The Bertz CT molecular complexity index is 640. The van der Waals surface area contributed by atoms with Gasteiger partial charge in [-0.3, -0.25) is 4.79 Å². The Morgan fingerprint density at radius 1 is 1.32 bits per heavy atom. The molecule has 2 rings (SSSR count). The Hall–Kier alpha value is -1.68. The summed E-state index contributed by atoms with van der Waals surface area (Å²) >= 11 is 1.20. The first-order chi connectivity index (χ1) is 9.06. The van der Waals surface area contributed by atoms with E-state index in [0.29, 0.717) is 16.9 Å². The van der Waals surface area contributed by atoms with Gasteiger partial charge in [0.1, 0.15) is 4.88 Å². The Kier molecular flexibility index (Phi) is 4.00. The van der Waals surface area contributed by atoms with Crippen molar-refractivity contribution in [1.82, 2.24) is 0 Å². The Balaban J connectivity index is 2.54. The lowest BCUT2D eigenvalue weighted by molar-refractivity contribution is 0.0701. The highest BCUT2D eigenvalue weighted by atomic mass is 32.1. The SMILES string of the molecule is CCCCC(=O)c1cccc2c(C)c(C(=O)O)sc12. The second-order valence-corrected chi connectivity index (χ2v) is 5.59. The summed E-state index contributed by atoms with van der Waals surface area (Å²) in [7, 11) is 0. The van der Waals surface area contributed by atoms with E-state index in [1.54, 1.807) is 13.0 Å². The Morgan fingerprint density at radius 2 is 2.05 bits per heavy atom. The van der Waals surface area contributed by atoms with Crippen molar-refractivity contribution in [3.05, 3.63) is 34.2 Å². The molecule has 0 saturated carbocycles. The molecule has 0 unspecified atom stereocenters. The van der Waals surface area contributed by atoms with Gasteiger partial charge in [-0.05, 0) is 30.4 Å². The predicted molar refractivity (Wildman–Crippen MR) is 77.4 cm³/mol. The van der Waals surface area contributed by atoms with Gasteiger partial charge in [-0.25, -0.2) is 4.79 Å². The first kappa shape index (κ1) is 13.7. The smallest absolute Gasteiger partial charge is 0.346 e. The summed E-state index contributed by atoms with van der Waals surface area (Å²) in [4.78, 5) is 23.7. The van der Waals surface area contributed by atoms with Gasteiger partial charge in [-0.1, -0.05) is 25.5 Å². The second kappa shape index (κ2) is 5.53. The molecule has 3 nitrogen and oxygen atoms in total. The number of fused-ring (bicyclic) bond motifs is 1. The normalized spacial score (nSPS) is 10.8. The lowest BCUT2D eigenvalue weighted by atomic mass is 10.0. The molecule has 1 heterocycles. The van der Waals surface area contributed by atoms with Crippen LogP contribution in [0, 0.1) is 6.92 Å². The fraction of sp³-hybridized carbons (Fsp3) is 0.333. The van der Waals surface area contributed by atoms with Crippen LogP contribution in [0.15, 0.2) is 18.2 Å². The number of benzene rings is 1. The summed E-state index contributed by atoms with van der Waals surface area (Å²) in [6, 6.07) is 5.50. The zero-order valence-corrected chi connectivity index (χ0v) is 11.8. The number of rotatable bonds is 5. The third kappa shape index (κ3) is 2.54. The number of thiophene rings is 1. The fourth-order valence-corrected chi connectivity index (χ4v) is 3.32. The van der Waals surface area contributed by atoms with Gasteiger partial charge in [0.2, 0.25) is 0 Å². The molecule has 0 radical (unpaired) electrons. The molecule has 0 fully saturated rings. The summed E-state index contributed by atoms with van der Waals surface area (Å²) in [6.07, 6.45) is 2.37. The van der Waals surface area contributed by atoms with Crippen molar-refractivity contribution in [1.29, 1.82) is 0 Å². The highest BCUT2D eigenvalue weighted by molar-refractivity contribution is 7.21. The summed E-state index contributed by atoms with van der Waals surface area (Å²) in [5, 5.41) is 10.0. The van der Waals surface area contributed by atoms with Crippen LogP contribution in [0.25, 0.3) is 10.1 Å². The van der Waals surface area contributed by atoms with E-state index in [1.807, 2.05) is 19.1 Å². The average Bonchev–Trinajstić information content (AvgIpc) is 2.74. The molecule has 1 aromatic heterocycles. The summed E-state index contributed by atoms with van der Waals surface area (Å²) < 4.78 is 0.804. The summed E-state index contributed by atoms with van der Waals surface area (Å²) in [5.41, 5.74) is 1.41. The molecule has 0 atom stereocenters. The van der Waals surface area contributed by atoms with Crippen LogP contribution in [0.1, 0.15) is 51.8 Å². The monoisotopic (exact) mass is 276 g/mol. The number of hydrogen-bond acceptors (Lipinski definition) is 3. The van der Waals surface area contributed by atoms with Crippen LogP contribution >= 0.6 is 11.3 Å². The number of aromatic carboxylic acids is 1. The third-order valence-corrected chi connectivity index (χ3v) is 4.54. The van der Waals surface area contributed by atoms with Crippen LogP contribution in [-0.2, 0) is 0 Å². The Labute approximate surface area is 115 Å². The zero-order chi connectivity index (χ0) is 14.0. The number of ketones is 1. The maximum absolute atomic E-state index is 12.2. The minimum atomic E-state index is -0.925. The number of carbonyl (C=O) groups excluding carboxylic acids is 1. The summed E-state index contributed by atoms with van der Waals surface area (Å²) in [5.74, 6) is -0.823. The number of carbonyl (C=O) groups is 2. The van der Waals surface area contributed by atoms with Gasteiger partial charge in [0.05, 0.1) is 0 Å². The molecular formula is C15H16O3S. The zero-order valence-electron chi connectivity index (χ0n) is 11.0. The van der Waals surface area contributed by atoms with Crippen molar-refractivity contribution in [3.8, 4) is 0 Å². The molecular weight excluding hydrogens is 260 g/mol. The molecule has 1 N–H and O–H groups in total. The number of carboxylic acids is 1. The highest BCUT2D eigenvalue weighted by Crippen LogP contribution is 2.33. The van der Waals surface area contributed by atoms with Crippen molar-refractivity contribution in [2.45, 2.75) is 33.1 Å². The van der Waals surface area contributed by atoms with E-state index in [2.05, 4.69) is 0 Å². The molecule has 2 aromatic rings. The van der Waals surface area contributed by atoms with Crippen LogP contribution in [0.4, 0.5) is 0 Å². The average molecular weight is 276 g/mol. The van der Waals surface area contributed by atoms with Crippen molar-refractivity contribution in [3.63, 3.8) is 0 Å². The number of unbranched alkanes of at least 4 members (excludes halogenated alkanes) is 1. The number of Topliss-reactive ketones (excluding diaryl/α,β-unsaturated/α-hetero) is 1. The van der Waals surface area contributed by atoms with Gasteiger partial charge in [-0.2, -0.15) is 0 Å². The largest absolute Gasteiger partial charge is 0.477 e. The minimum Gasteiger partial charge on any atom is -0.477 e. The van der Waals surface area contributed by atoms with Gasteiger partial charge in [0.25, 0.3) is 0 Å². The van der Waals surface area contributed by atoms with Crippen LogP contribution in [0.5, 0.6) is 0 Å². The first-order valence-electron chi connectivity index (χ1n) is 6.34. The minimum absolute atomic E-state index is 0.102. The standard InChI is InChI=1S/C15H16O3S/c1-3-4-8-12(16)11-7-5-6-10-9(2)13(15(17)18)19-14(10)11/h5-7H,3-4,8H2,1-2H3,(H,17,18). The van der Waals surface area contributed by atoms with E-state index >= 15 is 0 Å². The molecule has 4 heteroatoms. The number of aryl methyl sites for hydroxylation is 1. The summed E-state index contributed by atoms with van der Waals surface area (Å²) in [6.45, 7) is 3.84. The third-order valence-electron chi connectivity index (χ3n) is 3.22. The van der Waals surface area contributed by atoms with Crippen LogP contribution in [0.3, 0.4) is 0 Å². The van der Waals surface area contributed by atoms with Crippen molar-refractivity contribution in [2.24, 2.45) is 0 Å². The van der Waals surface area contributed by atoms with Crippen molar-refractivity contribution in [2.75, 3.05) is 0 Å². The molecule has 1 aromatic carbocycles. The van der Waals surface area contributed by atoms with E-state index in [9.17, 15) is 9.59 Å². The molecule has 100 valence electrons. The fourth-order valence-electron chi connectivity index (χ4n) is 2.14. The van der Waals surface area contributed by atoms with Crippen molar-refractivity contribution < 1.29 is 14.7 Å². The van der Waals surface area contributed by atoms with Gasteiger partial charge < -0.3 is 5.11 Å². The lowest BCUT2D eigenvalue weighted by Gasteiger charge is -2.01. The number of carboxylic acid groups (broad SMARTS) is 1. The molecule has 0 aliphatic carbocycles. The molecule has 0 amide bonds. The molecule has 0 bridgehead atoms. The van der Waals surface area contributed by atoms with E-state index in [4.69, 9.17) is 5.11 Å². The molecule has 0 aliphatic heterocycles.